The van der Waals surface area contributed by atoms with E-state index in [-0.39, 0.29) is 11.7 Å². The van der Waals surface area contributed by atoms with E-state index in [0.29, 0.717) is 29.8 Å². The molecule has 0 atom stereocenters. The number of hydrogen-bond donors (Lipinski definition) is 1. The number of imidazole rings is 1. The van der Waals surface area contributed by atoms with Gasteiger partial charge in [-0.1, -0.05) is 13.3 Å². The zero-order chi connectivity index (χ0) is 23.5. The van der Waals surface area contributed by atoms with E-state index in [4.69, 9.17) is 4.74 Å². The largest absolute Gasteiger partial charge is 0.497 e. The van der Waals surface area contributed by atoms with Crippen molar-refractivity contribution < 1.29 is 9.53 Å². The molecule has 2 aromatic heterocycles. The maximum Gasteiger partial charge on any atom is 0.330 e. The van der Waals surface area contributed by atoms with Gasteiger partial charge in [-0.15, -0.1) is 0 Å². The first-order chi connectivity index (χ1) is 15.9. The Hall–Kier alpha value is -3.20. The van der Waals surface area contributed by atoms with Crippen molar-refractivity contribution in [3.8, 4) is 5.75 Å². The van der Waals surface area contributed by atoms with Gasteiger partial charge in [-0.25, -0.2) is 9.78 Å². The van der Waals surface area contributed by atoms with Crippen LogP contribution in [0.5, 0.6) is 5.75 Å². The SMILES string of the molecule is CCCCn1c(=O)[nH]c(=O)c2c1nc(CN1CCC(C(=O)c3ccc(OC)cc3)CC1)n2C. The smallest absolute Gasteiger partial charge is 0.330 e. The highest BCUT2D eigenvalue weighted by molar-refractivity contribution is 5.98. The number of Topliss-reactive ketones (excluding diaryl/α,β-unsaturated/α-hetero) is 1. The lowest BCUT2D eigenvalue weighted by Gasteiger charge is -2.30. The molecule has 9 heteroatoms. The number of methoxy groups -OCH3 is 1. The average Bonchev–Trinajstić information content (AvgIpc) is 3.15. The van der Waals surface area contributed by atoms with Gasteiger partial charge in [0.15, 0.2) is 16.9 Å². The summed E-state index contributed by atoms with van der Waals surface area (Å²) in [5.41, 5.74) is 0.759. The lowest BCUT2D eigenvalue weighted by Crippen LogP contribution is -2.36. The topological polar surface area (TPSA) is 102 Å². The second-order valence-electron chi connectivity index (χ2n) is 8.67. The van der Waals surface area contributed by atoms with Crippen LogP contribution in [0.4, 0.5) is 0 Å². The van der Waals surface area contributed by atoms with Gasteiger partial charge in [0.05, 0.1) is 13.7 Å². The van der Waals surface area contributed by atoms with Gasteiger partial charge >= 0.3 is 5.69 Å². The van der Waals surface area contributed by atoms with Crippen molar-refractivity contribution in [2.75, 3.05) is 20.2 Å². The molecule has 4 rings (SSSR count). The highest BCUT2D eigenvalue weighted by Crippen LogP contribution is 2.24. The number of unbranched alkanes of at least 4 members (excludes halogenated alkanes) is 1. The third kappa shape index (κ3) is 4.64. The summed E-state index contributed by atoms with van der Waals surface area (Å²) in [5.74, 6) is 1.65. The summed E-state index contributed by atoms with van der Waals surface area (Å²) >= 11 is 0. The molecule has 1 saturated heterocycles. The Morgan fingerprint density at radius 2 is 1.88 bits per heavy atom. The predicted octanol–water partition coefficient (Wildman–Crippen LogP) is 2.33. The van der Waals surface area contributed by atoms with Gasteiger partial charge in [0, 0.05) is 25.1 Å². The summed E-state index contributed by atoms with van der Waals surface area (Å²) in [6.07, 6.45) is 3.33. The van der Waals surface area contributed by atoms with Crippen LogP contribution < -0.4 is 16.0 Å². The van der Waals surface area contributed by atoms with Gasteiger partial charge in [0.2, 0.25) is 0 Å². The highest BCUT2D eigenvalue weighted by Gasteiger charge is 2.27. The van der Waals surface area contributed by atoms with Crippen molar-refractivity contribution in [2.45, 2.75) is 45.7 Å². The molecular formula is C24H31N5O4. The summed E-state index contributed by atoms with van der Waals surface area (Å²) in [7, 11) is 3.42. The van der Waals surface area contributed by atoms with E-state index in [1.165, 1.54) is 0 Å². The molecule has 0 radical (unpaired) electrons. The van der Waals surface area contributed by atoms with E-state index in [1.807, 2.05) is 31.3 Å². The molecule has 33 heavy (non-hydrogen) atoms. The molecule has 0 aliphatic carbocycles. The number of aromatic nitrogens is 4. The second kappa shape index (κ2) is 9.74. The number of carbonyl (C=O) groups excluding carboxylic acids is 1. The van der Waals surface area contributed by atoms with Crippen LogP contribution in [0, 0.1) is 5.92 Å². The number of ketones is 1. The van der Waals surface area contributed by atoms with Gasteiger partial charge in [-0.2, -0.15) is 0 Å². The standard InChI is InChI=1S/C24H31N5O4/c1-4-5-12-29-22-20(23(31)26-24(29)32)27(2)19(25-22)15-28-13-10-17(11-14-28)21(30)16-6-8-18(33-3)9-7-16/h6-9,17H,4-5,10-15H2,1-3H3,(H,26,31,32). The first-order valence-corrected chi connectivity index (χ1v) is 11.5. The van der Waals surface area contributed by atoms with Crippen LogP contribution in [0.25, 0.3) is 11.2 Å². The monoisotopic (exact) mass is 453 g/mol. The molecule has 0 unspecified atom stereocenters. The van der Waals surface area contributed by atoms with Crippen molar-refractivity contribution in [1.82, 2.24) is 24.0 Å². The maximum atomic E-state index is 12.9. The number of piperidine rings is 1. The predicted molar refractivity (Wildman–Crippen MR) is 126 cm³/mol. The fourth-order valence-electron chi connectivity index (χ4n) is 4.50. The molecule has 0 bridgehead atoms. The lowest BCUT2D eigenvalue weighted by atomic mass is 9.89. The molecule has 1 N–H and O–H groups in total. The van der Waals surface area contributed by atoms with Crippen molar-refractivity contribution in [3.63, 3.8) is 0 Å². The zero-order valence-electron chi connectivity index (χ0n) is 19.5. The molecule has 176 valence electrons. The number of H-pyrrole nitrogens is 1. The fraction of sp³-hybridized carbons (Fsp3) is 0.500. The van der Waals surface area contributed by atoms with Crippen molar-refractivity contribution in [3.05, 3.63) is 56.5 Å². The summed E-state index contributed by atoms with van der Waals surface area (Å²) in [5, 5.41) is 0. The van der Waals surface area contributed by atoms with Crippen molar-refractivity contribution >= 4 is 16.9 Å². The molecule has 3 heterocycles. The average molecular weight is 454 g/mol. The second-order valence-corrected chi connectivity index (χ2v) is 8.67. The van der Waals surface area contributed by atoms with Crippen LogP contribution in [0.3, 0.4) is 0 Å². The number of aryl methyl sites for hydroxylation is 2. The molecule has 3 aromatic rings. The molecule has 0 saturated carbocycles. The van der Waals surface area contributed by atoms with E-state index in [2.05, 4.69) is 21.8 Å². The van der Waals surface area contributed by atoms with Gasteiger partial charge in [0.1, 0.15) is 11.6 Å². The number of rotatable bonds is 8. The Morgan fingerprint density at radius 3 is 2.52 bits per heavy atom. The number of likely N-dealkylation sites (tertiary alicyclic amines) is 1. The van der Waals surface area contributed by atoms with Gasteiger partial charge in [-0.3, -0.25) is 24.0 Å². The molecule has 1 fully saturated rings. The lowest BCUT2D eigenvalue weighted by molar-refractivity contribution is 0.0832. The number of hydrogen-bond acceptors (Lipinski definition) is 6. The van der Waals surface area contributed by atoms with E-state index in [9.17, 15) is 14.4 Å². The van der Waals surface area contributed by atoms with Crippen LogP contribution in [0.15, 0.2) is 33.9 Å². The van der Waals surface area contributed by atoms with E-state index in [0.717, 1.165) is 50.3 Å². The first-order valence-electron chi connectivity index (χ1n) is 11.5. The Bertz CT molecular complexity index is 1250. The van der Waals surface area contributed by atoms with E-state index >= 15 is 0 Å². The molecular weight excluding hydrogens is 422 g/mol. The third-order valence-electron chi connectivity index (χ3n) is 6.54. The number of ether oxygens (including phenoxy) is 1. The molecule has 0 spiro atoms. The zero-order valence-corrected chi connectivity index (χ0v) is 19.5. The number of aromatic amines is 1. The highest BCUT2D eigenvalue weighted by atomic mass is 16.5. The van der Waals surface area contributed by atoms with Crippen LogP contribution in [0.2, 0.25) is 0 Å². The normalized spacial score (nSPS) is 15.2. The van der Waals surface area contributed by atoms with Crippen LogP contribution in [-0.4, -0.2) is 50.0 Å². The maximum absolute atomic E-state index is 12.9. The summed E-state index contributed by atoms with van der Waals surface area (Å²) in [6.45, 7) is 4.69. The third-order valence-corrected chi connectivity index (χ3v) is 6.54. The van der Waals surface area contributed by atoms with Gasteiger partial charge in [0.25, 0.3) is 5.56 Å². The van der Waals surface area contributed by atoms with E-state index < -0.39 is 11.2 Å². The van der Waals surface area contributed by atoms with Crippen LogP contribution in [-0.2, 0) is 20.1 Å². The Kier molecular flexibility index (Phi) is 6.78. The molecule has 9 nitrogen and oxygen atoms in total. The number of benzene rings is 1. The van der Waals surface area contributed by atoms with E-state index in [1.54, 1.807) is 16.2 Å². The Balaban J connectivity index is 1.47. The first kappa shape index (κ1) is 23.0. The minimum atomic E-state index is -0.413. The molecule has 1 aliphatic rings. The summed E-state index contributed by atoms with van der Waals surface area (Å²) in [4.78, 5) is 47.0. The molecule has 1 aliphatic heterocycles. The summed E-state index contributed by atoms with van der Waals surface area (Å²) in [6, 6.07) is 7.27. The Morgan fingerprint density at radius 1 is 1.18 bits per heavy atom. The van der Waals surface area contributed by atoms with Crippen LogP contribution in [0.1, 0.15) is 48.8 Å². The Labute approximate surface area is 192 Å². The summed E-state index contributed by atoms with van der Waals surface area (Å²) < 4.78 is 8.51. The minimum Gasteiger partial charge on any atom is -0.497 e. The fourth-order valence-corrected chi connectivity index (χ4v) is 4.50. The quantitative estimate of drug-likeness (QED) is 0.525. The van der Waals surface area contributed by atoms with Crippen LogP contribution >= 0.6 is 0 Å². The number of fused-ring (bicyclic) bond motifs is 1. The van der Waals surface area contributed by atoms with Crippen molar-refractivity contribution in [2.24, 2.45) is 13.0 Å². The number of nitrogens with zero attached hydrogens (tertiary/aromatic N) is 4. The number of carbonyl (C=O) groups is 1. The van der Waals surface area contributed by atoms with Gasteiger partial charge in [-0.05, 0) is 56.6 Å². The van der Waals surface area contributed by atoms with Gasteiger partial charge < -0.3 is 9.30 Å². The molecule has 0 amide bonds. The number of nitrogens with one attached hydrogen (secondary N) is 1. The minimum absolute atomic E-state index is 0.00263. The van der Waals surface area contributed by atoms with Crippen molar-refractivity contribution in [1.29, 1.82) is 0 Å². The molecule has 1 aromatic carbocycles.